The van der Waals surface area contributed by atoms with Crippen LogP contribution >= 0.6 is 0 Å². The molecule has 0 saturated carbocycles. The first-order chi connectivity index (χ1) is 10.7. The van der Waals surface area contributed by atoms with Crippen molar-refractivity contribution in [1.82, 2.24) is 20.5 Å². The van der Waals surface area contributed by atoms with Crippen molar-refractivity contribution >= 4 is 11.7 Å². The lowest BCUT2D eigenvalue weighted by Crippen LogP contribution is -2.47. The normalized spacial score (nSPS) is 17.3. The zero-order chi connectivity index (χ0) is 15.8. The fraction of sp³-hybridized carbons (Fsp3) is 0.625. The molecule has 1 aliphatic rings. The highest BCUT2D eigenvalue weighted by atomic mass is 16.1. The topological polar surface area (TPSA) is 60.5 Å². The minimum atomic E-state index is 0.134. The largest absolute Gasteiger partial charge is 0.355 e. The summed E-state index contributed by atoms with van der Waals surface area (Å²) in [6.45, 7) is 7.47. The van der Waals surface area contributed by atoms with Gasteiger partial charge < -0.3 is 15.5 Å². The molecule has 0 aliphatic carbocycles. The molecule has 0 spiro atoms. The Hall–Kier alpha value is -1.66. The van der Waals surface area contributed by atoms with Crippen LogP contribution in [0.4, 0.5) is 5.82 Å². The van der Waals surface area contributed by atoms with Crippen molar-refractivity contribution in [2.45, 2.75) is 19.4 Å². The summed E-state index contributed by atoms with van der Waals surface area (Å²) in [6, 6.07) is 6.32. The van der Waals surface area contributed by atoms with Crippen LogP contribution in [0.25, 0.3) is 0 Å². The highest BCUT2D eigenvalue weighted by Gasteiger charge is 2.18. The van der Waals surface area contributed by atoms with E-state index in [0.717, 1.165) is 38.5 Å². The molecule has 122 valence electrons. The van der Waals surface area contributed by atoms with E-state index in [9.17, 15) is 4.79 Å². The van der Waals surface area contributed by atoms with Crippen LogP contribution in [0, 0.1) is 0 Å². The number of piperazine rings is 1. The van der Waals surface area contributed by atoms with Crippen molar-refractivity contribution in [3.05, 3.63) is 24.4 Å². The SMILES string of the molecule is CNC(C)CNC(=O)CCN1CCN(c2ccccn2)CC1. The first-order valence-corrected chi connectivity index (χ1v) is 8.01. The Balaban J connectivity index is 1.64. The minimum Gasteiger partial charge on any atom is -0.355 e. The highest BCUT2D eigenvalue weighted by Crippen LogP contribution is 2.12. The molecular formula is C16H27N5O. The molecule has 2 heterocycles. The van der Waals surface area contributed by atoms with E-state index in [0.29, 0.717) is 19.0 Å². The van der Waals surface area contributed by atoms with Crippen LogP contribution < -0.4 is 15.5 Å². The molecule has 1 atom stereocenters. The predicted molar refractivity (Wildman–Crippen MR) is 89.0 cm³/mol. The molecule has 0 aromatic carbocycles. The molecule has 2 N–H and O–H groups in total. The summed E-state index contributed by atoms with van der Waals surface area (Å²) < 4.78 is 0. The summed E-state index contributed by atoms with van der Waals surface area (Å²) in [5.74, 6) is 1.18. The van der Waals surface area contributed by atoms with E-state index in [2.05, 4.69) is 32.3 Å². The summed E-state index contributed by atoms with van der Waals surface area (Å²) in [4.78, 5) is 20.8. The maximum atomic E-state index is 11.8. The van der Waals surface area contributed by atoms with Gasteiger partial charge in [0.15, 0.2) is 0 Å². The summed E-state index contributed by atoms with van der Waals surface area (Å²) >= 11 is 0. The summed E-state index contributed by atoms with van der Waals surface area (Å²) in [6.07, 6.45) is 2.40. The molecule has 22 heavy (non-hydrogen) atoms. The van der Waals surface area contributed by atoms with Gasteiger partial charge in [0.05, 0.1) is 0 Å². The fourth-order valence-electron chi connectivity index (χ4n) is 2.46. The fourth-order valence-corrected chi connectivity index (χ4v) is 2.46. The maximum absolute atomic E-state index is 11.8. The molecule has 1 aromatic heterocycles. The van der Waals surface area contributed by atoms with E-state index in [-0.39, 0.29) is 5.91 Å². The highest BCUT2D eigenvalue weighted by molar-refractivity contribution is 5.76. The molecule has 1 unspecified atom stereocenters. The number of aromatic nitrogens is 1. The lowest BCUT2D eigenvalue weighted by atomic mass is 10.2. The van der Waals surface area contributed by atoms with Crippen molar-refractivity contribution in [2.24, 2.45) is 0 Å². The first kappa shape index (κ1) is 16.7. The molecule has 0 bridgehead atoms. The predicted octanol–water partition coefficient (Wildman–Crippen LogP) is 0.318. The van der Waals surface area contributed by atoms with E-state index >= 15 is 0 Å². The van der Waals surface area contributed by atoms with Crippen LogP contribution in [-0.4, -0.2) is 68.1 Å². The van der Waals surface area contributed by atoms with Gasteiger partial charge in [-0.05, 0) is 26.1 Å². The van der Waals surface area contributed by atoms with Crippen molar-refractivity contribution in [3.63, 3.8) is 0 Å². The molecule has 6 nitrogen and oxygen atoms in total. The van der Waals surface area contributed by atoms with Crippen LogP contribution in [0.5, 0.6) is 0 Å². The second kappa shape index (κ2) is 8.70. The van der Waals surface area contributed by atoms with Gasteiger partial charge >= 0.3 is 0 Å². The summed E-state index contributed by atoms with van der Waals surface area (Å²) in [5, 5.41) is 6.07. The minimum absolute atomic E-state index is 0.134. The molecule has 6 heteroatoms. The Kier molecular flexibility index (Phi) is 6.61. The second-order valence-corrected chi connectivity index (χ2v) is 5.76. The number of nitrogens with one attached hydrogen (secondary N) is 2. The lowest BCUT2D eigenvalue weighted by Gasteiger charge is -2.35. The third-order valence-corrected chi connectivity index (χ3v) is 4.10. The van der Waals surface area contributed by atoms with Crippen LogP contribution in [-0.2, 0) is 4.79 Å². The zero-order valence-electron chi connectivity index (χ0n) is 13.6. The van der Waals surface area contributed by atoms with Gasteiger partial charge in [0.1, 0.15) is 5.82 Å². The van der Waals surface area contributed by atoms with Gasteiger partial charge in [0.25, 0.3) is 0 Å². The summed E-state index contributed by atoms with van der Waals surface area (Å²) in [5.41, 5.74) is 0. The Labute approximate surface area is 132 Å². The smallest absolute Gasteiger partial charge is 0.221 e. The molecule has 0 radical (unpaired) electrons. The van der Waals surface area contributed by atoms with Crippen LogP contribution in [0.3, 0.4) is 0 Å². The van der Waals surface area contributed by atoms with E-state index in [4.69, 9.17) is 0 Å². The monoisotopic (exact) mass is 305 g/mol. The molecule has 1 aromatic rings. The average molecular weight is 305 g/mol. The zero-order valence-corrected chi connectivity index (χ0v) is 13.6. The maximum Gasteiger partial charge on any atom is 0.221 e. The van der Waals surface area contributed by atoms with Gasteiger partial charge in [-0.1, -0.05) is 6.07 Å². The van der Waals surface area contributed by atoms with Gasteiger partial charge in [-0.3, -0.25) is 9.69 Å². The van der Waals surface area contributed by atoms with E-state index in [1.165, 1.54) is 0 Å². The van der Waals surface area contributed by atoms with Crippen molar-refractivity contribution < 1.29 is 4.79 Å². The van der Waals surface area contributed by atoms with Crippen molar-refractivity contribution in [1.29, 1.82) is 0 Å². The van der Waals surface area contributed by atoms with Crippen LogP contribution in [0.1, 0.15) is 13.3 Å². The number of pyridine rings is 1. The Bertz CT molecular complexity index is 445. The van der Waals surface area contributed by atoms with E-state index < -0.39 is 0 Å². The van der Waals surface area contributed by atoms with Crippen molar-refractivity contribution in [2.75, 3.05) is 51.2 Å². The van der Waals surface area contributed by atoms with Gasteiger partial charge in [-0.25, -0.2) is 4.98 Å². The number of nitrogens with zero attached hydrogens (tertiary/aromatic N) is 3. The molecule has 1 saturated heterocycles. The Morgan fingerprint density at radius 1 is 1.32 bits per heavy atom. The van der Waals surface area contributed by atoms with Crippen LogP contribution in [0.15, 0.2) is 24.4 Å². The van der Waals surface area contributed by atoms with Crippen molar-refractivity contribution in [3.8, 4) is 0 Å². The van der Waals surface area contributed by atoms with Gasteiger partial charge in [-0.2, -0.15) is 0 Å². The average Bonchev–Trinajstić information content (AvgIpc) is 2.59. The Morgan fingerprint density at radius 3 is 2.73 bits per heavy atom. The van der Waals surface area contributed by atoms with Gasteiger partial charge in [0, 0.05) is 57.9 Å². The first-order valence-electron chi connectivity index (χ1n) is 8.01. The number of carbonyl (C=O) groups is 1. The summed E-state index contributed by atoms with van der Waals surface area (Å²) in [7, 11) is 1.90. The molecule has 1 aliphatic heterocycles. The quantitative estimate of drug-likeness (QED) is 0.760. The third kappa shape index (κ3) is 5.27. The van der Waals surface area contributed by atoms with E-state index in [1.54, 1.807) is 0 Å². The number of anilines is 1. The lowest BCUT2D eigenvalue weighted by molar-refractivity contribution is -0.121. The van der Waals surface area contributed by atoms with Gasteiger partial charge in [0.2, 0.25) is 5.91 Å². The number of rotatable bonds is 7. The molecule has 1 amide bonds. The number of carbonyl (C=O) groups excluding carboxylic acids is 1. The molecule has 1 fully saturated rings. The van der Waals surface area contributed by atoms with Crippen LogP contribution in [0.2, 0.25) is 0 Å². The Morgan fingerprint density at radius 2 is 2.09 bits per heavy atom. The molecule has 2 rings (SSSR count). The number of amides is 1. The molecular weight excluding hydrogens is 278 g/mol. The van der Waals surface area contributed by atoms with Gasteiger partial charge in [-0.15, -0.1) is 0 Å². The number of likely N-dealkylation sites (N-methyl/N-ethyl adjacent to an activating group) is 1. The number of hydrogen-bond acceptors (Lipinski definition) is 5. The number of hydrogen-bond donors (Lipinski definition) is 2. The standard InChI is InChI=1S/C16H27N5O/c1-14(17-2)13-19-16(22)6-8-20-9-11-21(12-10-20)15-5-3-4-7-18-15/h3-5,7,14,17H,6,8-13H2,1-2H3,(H,19,22). The third-order valence-electron chi connectivity index (χ3n) is 4.10. The second-order valence-electron chi connectivity index (χ2n) is 5.76. The van der Waals surface area contributed by atoms with E-state index in [1.807, 2.05) is 31.4 Å².